The fourth-order valence-corrected chi connectivity index (χ4v) is 3.83. The normalized spacial score (nSPS) is 11.6. The summed E-state index contributed by atoms with van der Waals surface area (Å²) in [5, 5.41) is 8.91. The van der Waals surface area contributed by atoms with Gasteiger partial charge < -0.3 is 9.84 Å². The number of benzene rings is 1. The molecule has 41 heavy (non-hydrogen) atoms. The van der Waals surface area contributed by atoms with Crippen molar-refractivity contribution in [3.8, 4) is 22.4 Å². The van der Waals surface area contributed by atoms with Crippen molar-refractivity contribution < 1.29 is 26.7 Å². The Morgan fingerprint density at radius 3 is 2.34 bits per heavy atom. The molecular formula is C28H29FN6O5S. The highest BCUT2D eigenvalue weighted by Gasteiger charge is 2.20. The van der Waals surface area contributed by atoms with Gasteiger partial charge in [0.1, 0.15) is 17.2 Å². The minimum atomic E-state index is -3.67. The lowest BCUT2D eigenvalue weighted by Gasteiger charge is -2.12. The summed E-state index contributed by atoms with van der Waals surface area (Å²) in [6, 6.07) is 13.6. The number of aryl methyl sites for hydroxylation is 1. The number of nitrogens with one attached hydrogen (secondary N) is 2. The topological polar surface area (TPSA) is 152 Å². The molecule has 0 aliphatic heterocycles. The monoisotopic (exact) mass is 580 g/mol. The van der Waals surface area contributed by atoms with Crippen LogP contribution in [0.3, 0.4) is 0 Å². The molecule has 4 aromatic heterocycles. The van der Waals surface area contributed by atoms with E-state index < -0.39 is 22.0 Å². The van der Waals surface area contributed by atoms with Crippen LogP contribution in [0.25, 0.3) is 28.0 Å². The number of imidazole rings is 1. The van der Waals surface area contributed by atoms with E-state index >= 15 is 0 Å². The van der Waals surface area contributed by atoms with Crippen molar-refractivity contribution in [3.05, 3.63) is 84.4 Å². The van der Waals surface area contributed by atoms with Crippen molar-refractivity contribution in [2.45, 2.75) is 33.1 Å². The van der Waals surface area contributed by atoms with Crippen LogP contribution >= 0.6 is 0 Å². The van der Waals surface area contributed by atoms with E-state index in [0.29, 0.717) is 17.6 Å². The third-order valence-electron chi connectivity index (χ3n) is 5.75. The molecule has 5 aromatic rings. The van der Waals surface area contributed by atoms with Gasteiger partial charge in [-0.1, -0.05) is 32.0 Å². The summed E-state index contributed by atoms with van der Waals surface area (Å²) in [7, 11) is -3.67. The van der Waals surface area contributed by atoms with E-state index in [4.69, 9.17) is 9.08 Å². The van der Waals surface area contributed by atoms with Crippen LogP contribution in [0.4, 0.5) is 20.7 Å². The highest BCUT2D eigenvalue weighted by molar-refractivity contribution is 7.85. The van der Waals surface area contributed by atoms with Crippen LogP contribution < -0.4 is 10.6 Å². The first-order valence-electron chi connectivity index (χ1n) is 12.3. The number of urea groups is 1. The zero-order chi connectivity index (χ0) is 29.9. The van der Waals surface area contributed by atoms with Crippen molar-refractivity contribution in [2.24, 2.45) is 0 Å². The second-order valence-corrected chi connectivity index (χ2v) is 11.8. The highest BCUT2D eigenvalue weighted by atomic mass is 32.2. The quantitative estimate of drug-likeness (QED) is 0.221. The zero-order valence-corrected chi connectivity index (χ0v) is 23.8. The van der Waals surface area contributed by atoms with Crippen molar-refractivity contribution in [1.82, 2.24) is 19.5 Å². The summed E-state index contributed by atoms with van der Waals surface area (Å²) in [5.41, 5.74) is 4.90. The second-order valence-electron chi connectivity index (χ2n) is 10.3. The first-order valence-corrected chi connectivity index (χ1v) is 14.2. The number of carbonyl (C=O) groups excluding carboxylic acids is 1. The van der Waals surface area contributed by atoms with Crippen molar-refractivity contribution in [1.29, 1.82) is 0 Å². The van der Waals surface area contributed by atoms with Gasteiger partial charge in [0, 0.05) is 35.1 Å². The number of halogens is 1. The molecule has 5 rings (SSSR count). The van der Waals surface area contributed by atoms with Crippen molar-refractivity contribution in [2.75, 3.05) is 16.9 Å². The Bertz CT molecular complexity index is 1820. The van der Waals surface area contributed by atoms with Crippen LogP contribution in [0.15, 0.2) is 71.6 Å². The molecule has 3 N–H and O–H groups in total. The Morgan fingerprint density at radius 2 is 1.71 bits per heavy atom. The number of rotatable bonds is 4. The molecule has 4 heterocycles. The molecule has 0 atom stereocenters. The molecule has 0 saturated carbocycles. The molecule has 0 aliphatic carbocycles. The Kier molecular flexibility index (Phi) is 8.22. The van der Waals surface area contributed by atoms with Gasteiger partial charge in [0.05, 0.1) is 23.8 Å². The van der Waals surface area contributed by atoms with Crippen LogP contribution in [0.2, 0.25) is 0 Å². The van der Waals surface area contributed by atoms with E-state index in [0.717, 1.165) is 28.2 Å². The number of nitrogens with zero attached hydrogens (tertiary/aromatic N) is 4. The Labute approximate surface area is 236 Å². The van der Waals surface area contributed by atoms with E-state index in [1.54, 1.807) is 24.5 Å². The van der Waals surface area contributed by atoms with Gasteiger partial charge in [-0.15, -0.1) is 0 Å². The van der Waals surface area contributed by atoms with Gasteiger partial charge in [-0.2, -0.15) is 8.42 Å². The molecule has 0 bridgehead atoms. The van der Waals surface area contributed by atoms with Gasteiger partial charge in [0.25, 0.3) is 10.1 Å². The third kappa shape index (κ3) is 7.74. The summed E-state index contributed by atoms with van der Waals surface area (Å²) in [4.78, 5) is 21.1. The molecule has 0 radical (unpaired) electrons. The Hall–Kier alpha value is -4.62. The Morgan fingerprint density at radius 1 is 1.00 bits per heavy atom. The number of carbonyl (C=O) groups is 1. The minimum absolute atomic E-state index is 0.0416. The molecule has 13 heteroatoms. The van der Waals surface area contributed by atoms with Crippen LogP contribution in [0.1, 0.15) is 32.2 Å². The standard InChI is InChI=1S/C27H25FN6O2.CH4O3S/c1-16-11-17(7-9-29-16)18-8-10-34-22(15-30-25(34)13-18)19-5-6-21(20(28)12-19)31-26(35)32-24-14-23(36-33-24)27(2,3)4;1-5(2,3)4/h5-15H,1-4H3,(H2,31,32,33,35);1H3,(H,2,3,4). The number of hydrogen-bond acceptors (Lipinski definition) is 7. The van der Waals surface area contributed by atoms with Crippen molar-refractivity contribution >= 4 is 33.3 Å². The molecule has 0 saturated heterocycles. The zero-order valence-electron chi connectivity index (χ0n) is 23.0. The summed E-state index contributed by atoms with van der Waals surface area (Å²) < 4.78 is 47.9. The van der Waals surface area contributed by atoms with Gasteiger partial charge in [-0.25, -0.2) is 14.2 Å². The molecular weight excluding hydrogens is 551 g/mol. The maximum atomic E-state index is 14.9. The molecule has 1 aromatic carbocycles. The molecule has 0 spiro atoms. The maximum Gasteiger partial charge on any atom is 0.325 e. The lowest BCUT2D eigenvalue weighted by atomic mass is 9.93. The third-order valence-corrected chi connectivity index (χ3v) is 5.75. The molecule has 214 valence electrons. The van der Waals surface area contributed by atoms with Gasteiger partial charge in [-0.05, 0) is 54.4 Å². The number of hydrogen-bond donors (Lipinski definition) is 3. The molecule has 0 unspecified atom stereocenters. The first kappa shape index (κ1) is 29.4. The molecule has 11 nitrogen and oxygen atoms in total. The summed E-state index contributed by atoms with van der Waals surface area (Å²) in [6.07, 6.45) is 6.10. The number of amides is 2. The van der Waals surface area contributed by atoms with E-state index in [1.165, 1.54) is 12.1 Å². The number of pyridine rings is 2. The average Bonchev–Trinajstić information content (AvgIpc) is 3.51. The van der Waals surface area contributed by atoms with Crippen LogP contribution in [-0.4, -0.2) is 44.8 Å². The fourth-order valence-electron chi connectivity index (χ4n) is 3.83. The highest BCUT2D eigenvalue weighted by Crippen LogP contribution is 2.28. The number of aromatic nitrogens is 4. The van der Waals surface area contributed by atoms with Gasteiger partial charge >= 0.3 is 6.03 Å². The van der Waals surface area contributed by atoms with Gasteiger partial charge in [0.15, 0.2) is 5.82 Å². The SMILES string of the molecule is CS(=O)(=O)O.Cc1cc(-c2ccn3c(-c4ccc(NC(=O)Nc5cc(C(C)(C)C)on5)c(F)c4)cnc3c2)ccn1. The average molecular weight is 581 g/mol. The van der Waals surface area contributed by atoms with Crippen molar-refractivity contribution in [3.63, 3.8) is 0 Å². The fraction of sp³-hybridized carbons (Fsp3) is 0.214. The summed E-state index contributed by atoms with van der Waals surface area (Å²) in [6.45, 7) is 7.86. The van der Waals surface area contributed by atoms with Gasteiger partial charge in [-0.3, -0.25) is 19.3 Å². The smallest absolute Gasteiger partial charge is 0.325 e. The molecule has 0 aliphatic rings. The van der Waals surface area contributed by atoms with Crippen LogP contribution in [0, 0.1) is 12.7 Å². The lowest BCUT2D eigenvalue weighted by molar-refractivity contribution is 0.261. The van der Waals surface area contributed by atoms with E-state index in [2.05, 4.69) is 25.8 Å². The molecule has 0 fully saturated rings. The van der Waals surface area contributed by atoms with Gasteiger partial charge in [0.2, 0.25) is 0 Å². The molecule has 2 amide bonds. The van der Waals surface area contributed by atoms with E-state index in [1.807, 2.05) is 62.6 Å². The van der Waals surface area contributed by atoms with Crippen LogP contribution in [0.5, 0.6) is 0 Å². The van der Waals surface area contributed by atoms with E-state index in [-0.39, 0.29) is 16.9 Å². The van der Waals surface area contributed by atoms with E-state index in [9.17, 15) is 17.6 Å². The Balaban J connectivity index is 0.000000714. The summed E-state index contributed by atoms with van der Waals surface area (Å²) >= 11 is 0. The lowest BCUT2D eigenvalue weighted by Crippen LogP contribution is -2.20. The second kappa shape index (κ2) is 11.5. The number of fused-ring (bicyclic) bond motifs is 1. The summed E-state index contributed by atoms with van der Waals surface area (Å²) in [5.74, 6) is 0.308. The number of anilines is 2. The van der Waals surface area contributed by atoms with Crippen LogP contribution in [-0.2, 0) is 15.5 Å². The maximum absolute atomic E-state index is 14.9. The largest absolute Gasteiger partial charge is 0.359 e. The minimum Gasteiger partial charge on any atom is -0.359 e. The predicted octanol–water partition coefficient (Wildman–Crippen LogP) is 5.94. The predicted molar refractivity (Wildman–Crippen MR) is 154 cm³/mol. The first-order chi connectivity index (χ1) is 19.2.